The third-order valence-corrected chi connectivity index (χ3v) is 3.42. The number of carbonyl (C=O) groups excluding carboxylic acids is 2. The average molecular weight is 356 g/mol. The molecule has 9 nitrogen and oxygen atoms in total. The molecule has 2 aromatic carbocycles. The number of phenolic OH excluding ortho intramolecular Hbond substituents is 1. The maximum Gasteiger partial charge on any atom is 0.329 e. The van der Waals surface area contributed by atoms with E-state index in [2.05, 4.69) is 10.4 Å². The SMILES string of the molecule is CCc1ccc(NC(=O)C(=O)NN=Cc2cc([N+](=O)[O-])ccc2O)cc1. The molecule has 0 saturated carbocycles. The topological polar surface area (TPSA) is 134 Å². The molecule has 0 bridgehead atoms. The Morgan fingerprint density at radius 3 is 2.50 bits per heavy atom. The van der Waals surface area contributed by atoms with E-state index in [-0.39, 0.29) is 17.0 Å². The number of nitrogens with zero attached hydrogens (tertiary/aromatic N) is 2. The molecule has 0 aliphatic heterocycles. The highest BCUT2D eigenvalue weighted by Gasteiger charge is 2.13. The summed E-state index contributed by atoms with van der Waals surface area (Å²) in [4.78, 5) is 33.6. The standard InChI is InChI=1S/C17H16N4O5/c1-2-11-3-5-13(6-4-11)19-16(23)17(24)20-18-10-12-9-14(21(25)26)7-8-15(12)22/h3-10,22H,2H2,1H3,(H,19,23)(H,20,24). The van der Waals surface area contributed by atoms with Gasteiger partial charge in [0.1, 0.15) is 5.75 Å². The predicted octanol–water partition coefficient (Wildman–Crippen LogP) is 1.95. The first kappa shape index (κ1) is 18.6. The number of aromatic hydroxyl groups is 1. The number of phenols is 1. The van der Waals surface area contributed by atoms with Crippen LogP contribution < -0.4 is 10.7 Å². The quantitative estimate of drug-likeness (QED) is 0.326. The van der Waals surface area contributed by atoms with Gasteiger partial charge in [0.2, 0.25) is 0 Å². The van der Waals surface area contributed by atoms with Crippen molar-refractivity contribution in [1.82, 2.24) is 5.43 Å². The molecule has 9 heteroatoms. The molecule has 2 amide bonds. The molecular weight excluding hydrogens is 340 g/mol. The Bertz CT molecular complexity index is 862. The Balaban J connectivity index is 1.96. The van der Waals surface area contributed by atoms with Gasteiger partial charge < -0.3 is 10.4 Å². The van der Waals surface area contributed by atoms with Gasteiger partial charge >= 0.3 is 11.8 Å². The van der Waals surface area contributed by atoms with E-state index in [0.29, 0.717) is 5.69 Å². The zero-order valence-electron chi connectivity index (χ0n) is 13.8. The lowest BCUT2D eigenvalue weighted by atomic mass is 10.1. The fourth-order valence-corrected chi connectivity index (χ4v) is 1.98. The van der Waals surface area contributed by atoms with Crippen molar-refractivity contribution in [2.45, 2.75) is 13.3 Å². The number of nitro groups is 1. The van der Waals surface area contributed by atoms with Crippen LogP contribution in [0.4, 0.5) is 11.4 Å². The van der Waals surface area contributed by atoms with Gasteiger partial charge in [0, 0.05) is 23.4 Å². The van der Waals surface area contributed by atoms with Gasteiger partial charge in [-0.1, -0.05) is 19.1 Å². The van der Waals surface area contributed by atoms with E-state index >= 15 is 0 Å². The van der Waals surface area contributed by atoms with E-state index in [0.717, 1.165) is 36.4 Å². The number of hydrazone groups is 1. The van der Waals surface area contributed by atoms with Crippen molar-refractivity contribution in [2.24, 2.45) is 5.10 Å². The highest BCUT2D eigenvalue weighted by molar-refractivity contribution is 6.39. The highest BCUT2D eigenvalue weighted by Crippen LogP contribution is 2.21. The van der Waals surface area contributed by atoms with Crippen LogP contribution >= 0.6 is 0 Å². The molecule has 0 fully saturated rings. The zero-order chi connectivity index (χ0) is 19.1. The number of hydrogen-bond acceptors (Lipinski definition) is 6. The van der Waals surface area contributed by atoms with Crippen LogP contribution in [0, 0.1) is 10.1 Å². The molecule has 0 aromatic heterocycles. The van der Waals surface area contributed by atoms with Crippen molar-refractivity contribution in [3.05, 3.63) is 63.7 Å². The number of hydrogen-bond donors (Lipinski definition) is 3. The second-order valence-electron chi connectivity index (χ2n) is 5.20. The number of rotatable bonds is 5. The van der Waals surface area contributed by atoms with Gasteiger partial charge in [-0.15, -0.1) is 0 Å². The first-order chi connectivity index (χ1) is 12.4. The Kier molecular flexibility index (Phi) is 5.99. The summed E-state index contributed by atoms with van der Waals surface area (Å²) in [7, 11) is 0. The van der Waals surface area contributed by atoms with E-state index in [9.17, 15) is 24.8 Å². The first-order valence-electron chi connectivity index (χ1n) is 7.61. The van der Waals surface area contributed by atoms with Crippen molar-refractivity contribution in [3.8, 4) is 5.75 Å². The Hall–Kier alpha value is -3.75. The Morgan fingerprint density at radius 2 is 1.88 bits per heavy atom. The van der Waals surface area contributed by atoms with Crippen LogP contribution in [0.2, 0.25) is 0 Å². The van der Waals surface area contributed by atoms with Gasteiger partial charge in [-0.2, -0.15) is 5.10 Å². The molecule has 2 aromatic rings. The molecule has 26 heavy (non-hydrogen) atoms. The van der Waals surface area contributed by atoms with E-state index in [1.165, 1.54) is 0 Å². The number of nitro benzene ring substituents is 1. The highest BCUT2D eigenvalue weighted by atomic mass is 16.6. The molecule has 0 saturated heterocycles. The first-order valence-corrected chi connectivity index (χ1v) is 7.61. The molecular formula is C17H16N4O5. The zero-order valence-corrected chi connectivity index (χ0v) is 13.8. The minimum absolute atomic E-state index is 0.0232. The van der Waals surface area contributed by atoms with E-state index < -0.39 is 16.7 Å². The number of aryl methyl sites for hydroxylation is 1. The van der Waals surface area contributed by atoms with Gasteiger partial charge in [0.15, 0.2) is 0 Å². The van der Waals surface area contributed by atoms with Crippen LogP contribution in [0.3, 0.4) is 0 Å². The normalized spacial score (nSPS) is 10.5. The van der Waals surface area contributed by atoms with Crippen molar-refractivity contribution in [3.63, 3.8) is 0 Å². The molecule has 134 valence electrons. The largest absolute Gasteiger partial charge is 0.507 e. The maximum atomic E-state index is 11.8. The smallest absolute Gasteiger partial charge is 0.329 e. The summed E-state index contributed by atoms with van der Waals surface area (Å²) in [5.41, 5.74) is 3.32. The fraction of sp³-hybridized carbons (Fsp3) is 0.118. The number of benzene rings is 2. The van der Waals surface area contributed by atoms with Crippen LogP contribution in [-0.2, 0) is 16.0 Å². The molecule has 0 radical (unpaired) electrons. The third kappa shape index (κ3) is 4.87. The number of amides is 2. The maximum absolute atomic E-state index is 11.8. The Morgan fingerprint density at radius 1 is 1.19 bits per heavy atom. The van der Waals surface area contributed by atoms with Gasteiger partial charge in [-0.05, 0) is 30.2 Å². The lowest BCUT2D eigenvalue weighted by Crippen LogP contribution is -2.32. The van der Waals surface area contributed by atoms with Crippen LogP contribution in [0.25, 0.3) is 0 Å². The average Bonchev–Trinajstić information content (AvgIpc) is 2.63. The summed E-state index contributed by atoms with van der Waals surface area (Å²) in [6.45, 7) is 2.00. The minimum Gasteiger partial charge on any atom is -0.507 e. The van der Waals surface area contributed by atoms with Gasteiger partial charge in [-0.3, -0.25) is 19.7 Å². The third-order valence-electron chi connectivity index (χ3n) is 3.42. The van der Waals surface area contributed by atoms with Crippen LogP contribution in [-0.4, -0.2) is 28.1 Å². The summed E-state index contributed by atoms with van der Waals surface area (Å²) in [6.07, 6.45) is 1.86. The lowest BCUT2D eigenvalue weighted by molar-refractivity contribution is -0.384. The number of anilines is 1. The molecule has 0 aliphatic carbocycles. The second-order valence-corrected chi connectivity index (χ2v) is 5.20. The Labute approximate surface area is 148 Å². The summed E-state index contributed by atoms with van der Waals surface area (Å²) >= 11 is 0. The molecule has 2 rings (SSSR count). The van der Waals surface area contributed by atoms with Crippen LogP contribution in [0.1, 0.15) is 18.1 Å². The second kappa shape index (κ2) is 8.38. The van der Waals surface area contributed by atoms with Gasteiger partial charge in [0.05, 0.1) is 11.1 Å². The molecule has 0 heterocycles. The van der Waals surface area contributed by atoms with Crippen molar-refractivity contribution in [2.75, 3.05) is 5.32 Å². The molecule has 0 atom stereocenters. The van der Waals surface area contributed by atoms with Crippen molar-refractivity contribution in [1.29, 1.82) is 0 Å². The number of nitrogens with one attached hydrogen (secondary N) is 2. The lowest BCUT2D eigenvalue weighted by Gasteiger charge is -2.05. The minimum atomic E-state index is -1.02. The monoisotopic (exact) mass is 356 g/mol. The van der Waals surface area contributed by atoms with Crippen molar-refractivity contribution < 1.29 is 19.6 Å². The molecule has 0 unspecified atom stereocenters. The summed E-state index contributed by atoms with van der Waals surface area (Å²) in [6, 6.07) is 10.4. The number of carbonyl (C=O) groups is 2. The van der Waals surface area contributed by atoms with E-state index in [4.69, 9.17) is 0 Å². The summed E-state index contributed by atoms with van der Waals surface area (Å²) in [5.74, 6) is -2.20. The molecule has 3 N–H and O–H groups in total. The number of non-ortho nitro benzene ring substituents is 1. The summed E-state index contributed by atoms with van der Waals surface area (Å²) < 4.78 is 0. The van der Waals surface area contributed by atoms with Gasteiger partial charge in [-0.25, -0.2) is 5.43 Å². The van der Waals surface area contributed by atoms with E-state index in [1.807, 2.05) is 24.5 Å². The molecule has 0 aliphatic rings. The molecule has 0 spiro atoms. The van der Waals surface area contributed by atoms with Crippen LogP contribution in [0.5, 0.6) is 5.75 Å². The summed E-state index contributed by atoms with van der Waals surface area (Å²) in [5, 5.41) is 26.3. The van der Waals surface area contributed by atoms with Crippen molar-refractivity contribution >= 4 is 29.4 Å². The predicted molar refractivity (Wildman–Crippen MR) is 94.9 cm³/mol. The van der Waals surface area contributed by atoms with E-state index in [1.54, 1.807) is 12.1 Å². The van der Waals surface area contributed by atoms with Gasteiger partial charge in [0.25, 0.3) is 5.69 Å². The fourth-order valence-electron chi connectivity index (χ4n) is 1.98. The van der Waals surface area contributed by atoms with Crippen LogP contribution in [0.15, 0.2) is 47.6 Å².